The smallest absolute Gasteiger partial charge is 0.265 e. The van der Waals surface area contributed by atoms with Gasteiger partial charge in [0, 0.05) is 11.9 Å². The molecule has 6 heteroatoms. The first-order valence-electron chi connectivity index (χ1n) is 8.17. The van der Waals surface area contributed by atoms with Crippen molar-refractivity contribution < 1.29 is 19.0 Å². The van der Waals surface area contributed by atoms with Gasteiger partial charge >= 0.3 is 0 Å². The Morgan fingerprint density at radius 3 is 2.92 bits per heavy atom. The van der Waals surface area contributed by atoms with E-state index in [4.69, 9.17) is 14.2 Å². The van der Waals surface area contributed by atoms with Crippen molar-refractivity contribution >= 4 is 17.2 Å². The van der Waals surface area contributed by atoms with Gasteiger partial charge in [-0.3, -0.25) is 4.79 Å². The maximum atomic E-state index is 12.5. The van der Waals surface area contributed by atoms with Crippen LogP contribution in [0.5, 0.6) is 17.2 Å². The van der Waals surface area contributed by atoms with Crippen LogP contribution in [0.2, 0.25) is 0 Å². The first-order valence-corrected chi connectivity index (χ1v) is 9.05. The molecule has 1 unspecified atom stereocenters. The lowest BCUT2D eigenvalue weighted by Crippen LogP contribution is -2.30. The van der Waals surface area contributed by atoms with Crippen molar-refractivity contribution in [3.8, 4) is 17.2 Å². The molecule has 3 heterocycles. The van der Waals surface area contributed by atoms with Crippen molar-refractivity contribution in [2.24, 2.45) is 5.92 Å². The highest BCUT2D eigenvalue weighted by Gasteiger charge is 2.24. The summed E-state index contributed by atoms with van der Waals surface area (Å²) in [5, 5.41) is 4.88. The van der Waals surface area contributed by atoms with E-state index in [9.17, 15) is 4.79 Å². The van der Waals surface area contributed by atoms with E-state index in [1.807, 2.05) is 23.6 Å². The van der Waals surface area contributed by atoms with Gasteiger partial charge in [0.1, 0.15) is 23.8 Å². The average molecular weight is 345 g/mol. The molecule has 1 aromatic heterocycles. The van der Waals surface area contributed by atoms with Crippen LogP contribution < -0.4 is 19.5 Å². The summed E-state index contributed by atoms with van der Waals surface area (Å²) in [5.41, 5.74) is 1.21. The second-order valence-corrected chi connectivity index (χ2v) is 6.86. The maximum Gasteiger partial charge on any atom is 0.265 e. The van der Waals surface area contributed by atoms with Gasteiger partial charge in [0.15, 0.2) is 11.5 Å². The number of carbonyl (C=O) groups excluding carboxylic acids is 1. The van der Waals surface area contributed by atoms with Crippen LogP contribution in [0.3, 0.4) is 0 Å². The number of ether oxygens (including phenoxy) is 3. The van der Waals surface area contributed by atoms with Crippen LogP contribution in [0.25, 0.3) is 0 Å². The Morgan fingerprint density at radius 1 is 1.12 bits per heavy atom. The predicted octanol–water partition coefficient (Wildman–Crippen LogP) is 2.89. The van der Waals surface area contributed by atoms with E-state index in [1.165, 1.54) is 16.9 Å². The second-order valence-electron chi connectivity index (χ2n) is 5.98. The van der Waals surface area contributed by atoms with Crippen molar-refractivity contribution in [1.82, 2.24) is 5.32 Å². The van der Waals surface area contributed by atoms with E-state index in [-0.39, 0.29) is 5.91 Å². The summed E-state index contributed by atoms with van der Waals surface area (Å²) in [6.45, 7) is 2.33. The molecule has 2 aliphatic rings. The highest BCUT2D eigenvalue weighted by atomic mass is 32.1. The van der Waals surface area contributed by atoms with Crippen LogP contribution in [0, 0.1) is 5.92 Å². The zero-order chi connectivity index (χ0) is 16.4. The summed E-state index contributed by atoms with van der Waals surface area (Å²) in [7, 11) is 0. The lowest BCUT2D eigenvalue weighted by molar-refractivity contribution is 0.0940. The number of para-hydroxylation sites is 1. The molecular formula is C18H19NO4S. The van der Waals surface area contributed by atoms with E-state index in [0.29, 0.717) is 48.7 Å². The highest BCUT2D eigenvalue weighted by Crippen LogP contribution is 2.39. The minimum atomic E-state index is -0.0924. The van der Waals surface area contributed by atoms with E-state index in [0.717, 1.165) is 18.6 Å². The third kappa shape index (κ3) is 3.06. The summed E-state index contributed by atoms with van der Waals surface area (Å²) in [6, 6.07) is 8.11. The van der Waals surface area contributed by atoms with Gasteiger partial charge in [0.2, 0.25) is 0 Å². The number of benzene rings is 1. The summed E-state index contributed by atoms with van der Waals surface area (Å²) in [4.78, 5) is 13.1. The molecule has 1 N–H and O–H groups in total. The second kappa shape index (κ2) is 6.73. The summed E-state index contributed by atoms with van der Waals surface area (Å²) in [6.07, 6.45) is 1.84. The fourth-order valence-corrected chi connectivity index (χ4v) is 3.92. The minimum Gasteiger partial charge on any atom is -0.493 e. The first-order chi connectivity index (χ1) is 11.8. The van der Waals surface area contributed by atoms with E-state index in [1.54, 1.807) is 0 Å². The van der Waals surface area contributed by atoms with Crippen LogP contribution in [0.1, 0.15) is 21.7 Å². The summed E-state index contributed by atoms with van der Waals surface area (Å²) in [5.74, 6) is 2.49. The number of hydrogen-bond acceptors (Lipinski definition) is 5. The lowest BCUT2D eigenvalue weighted by Gasteiger charge is -2.17. The van der Waals surface area contributed by atoms with Gasteiger partial charge in [0.05, 0.1) is 6.61 Å². The standard InChI is InChI=1S/C18H19NO4S/c20-18(17-16-15(11-24-17)22-7-8-23-16)19-10-12-5-6-21-14-4-2-1-3-13(14)9-12/h1-4,11-12H,5-10H2,(H,19,20). The summed E-state index contributed by atoms with van der Waals surface area (Å²) >= 11 is 1.37. The molecule has 1 amide bonds. The monoisotopic (exact) mass is 345 g/mol. The Bertz CT molecular complexity index is 742. The quantitative estimate of drug-likeness (QED) is 0.929. The molecule has 0 saturated carbocycles. The molecule has 4 rings (SSSR count). The van der Waals surface area contributed by atoms with Crippen LogP contribution in [-0.4, -0.2) is 32.3 Å². The Labute approximate surface area is 144 Å². The van der Waals surface area contributed by atoms with Crippen molar-refractivity contribution in [1.29, 1.82) is 0 Å². The van der Waals surface area contributed by atoms with Crippen molar-refractivity contribution in [2.75, 3.05) is 26.4 Å². The lowest BCUT2D eigenvalue weighted by atomic mass is 9.97. The molecule has 1 atom stereocenters. The topological polar surface area (TPSA) is 56.8 Å². The molecule has 0 spiro atoms. The van der Waals surface area contributed by atoms with E-state index < -0.39 is 0 Å². The van der Waals surface area contributed by atoms with Gasteiger partial charge in [-0.05, 0) is 30.4 Å². The van der Waals surface area contributed by atoms with Crippen LogP contribution >= 0.6 is 11.3 Å². The Balaban J connectivity index is 1.40. The molecule has 0 saturated heterocycles. The number of hydrogen-bond donors (Lipinski definition) is 1. The fourth-order valence-electron chi connectivity index (χ4n) is 3.07. The van der Waals surface area contributed by atoms with E-state index in [2.05, 4.69) is 11.4 Å². The number of thiophene rings is 1. The molecule has 0 fully saturated rings. The predicted molar refractivity (Wildman–Crippen MR) is 91.4 cm³/mol. The molecule has 2 aliphatic heterocycles. The molecule has 0 radical (unpaired) electrons. The first kappa shape index (κ1) is 15.3. The number of rotatable bonds is 3. The number of amides is 1. The van der Waals surface area contributed by atoms with Crippen LogP contribution in [0.4, 0.5) is 0 Å². The van der Waals surface area contributed by atoms with Gasteiger partial charge < -0.3 is 19.5 Å². The minimum absolute atomic E-state index is 0.0924. The molecule has 1 aromatic carbocycles. The van der Waals surface area contributed by atoms with Crippen LogP contribution in [-0.2, 0) is 6.42 Å². The average Bonchev–Trinajstić information content (AvgIpc) is 2.93. The van der Waals surface area contributed by atoms with E-state index >= 15 is 0 Å². The molecule has 24 heavy (non-hydrogen) atoms. The molecule has 0 aliphatic carbocycles. The third-order valence-electron chi connectivity index (χ3n) is 4.32. The largest absolute Gasteiger partial charge is 0.493 e. The highest BCUT2D eigenvalue weighted by molar-refractivity contribution is 7.12. The van der Waals surface area contributed by atoms with Gasteiger partial charge in [-0.1, -0.05) is 18.2 Å². The summed E-state index contributed by atoms with van der Waals surface area (Å²) < 4.78 is 16.9. The van der Waals surface area contributed by atoms with Crippen LogP contribution in [0.15, 0.2) is 29.6 Å². The van der Waals surface area contributed by atoms with Gasteiger partial charge in [-0.15, -0.1) is 11.3 Å². The third-order valence-corrected chi connectivity index (χ3v) is 5.26. The fraction of sp³-hybridized carbons (Fsp3) is 0.389. The van der Waals surface area contributed by atoms with Crippen molar-refractivity contribution in [3.63, 3.8) is 0 Å². The zero-order valence-electron chi connectivity index (χ0n) is 13.2. The Morgan fingerprint density at radius 2 is 1.96 bits per heavy atom. The molecular weight excluding hydrogens is 326 g/mol. The maximum absolute atomic E-state index is 12.5. The zero-order valence-corrected chi connectivity index (χ0v) is 14.1. The number of nitrogens with one attached hydrogen (secondary N) is 1. The van der Waals surface area contributed by atoms with Crippen molar-refractivity contribution in [3.05, 3.63) is 40.1 Å². The Hall–Kier alpha value is -2.21. The molecule has 0 bridgehead atoms. The number of carbonyl (C=O) groups is 1. The normalized spacial score (nSPS) is 18.9. The molecule has 5 nitrogen and oxygen atoms in total. The SMILES string of the molecule is O=C(NCC1CCOc2ccccc2C1)c1scc2c1OCCO2. The van der Waals surface area contributed by atoms with Gasteiger partial charge in [0.25, 0.3) is 5.91 Å². The van der Waals surface area contributed by atoms with Gasteiger partial charge in [-0.2, -0.15) is 0 Å². The van der Waals surface area contributed by atoms with Gasteiger partial charge in [-0.25, -0.2) is 0 Å². The Kier molecular flexibility index (Phi) is 4.30. The molecule has 126 valence electrons. The number of fused-ring (bicyclic) bond motifs is 2. The van der Waals surface area contributed by atoms with Crippen molar-refractivity contribution in [2.45, 2.75) is 12.8 Å². The molecule has 2 aromatic rings.